The Morgan fingerprint density at radius 3 is 2.80 bits per heavy atom. The maximum atomic E-state index is 10.5. The molecule has 3 heteroatoms. The Morgan fingerprint density at radius 2 is 2.13 bits per heavy atom. The second-order valence-corrected chi connectivity index (χ2v) is 5.23. The zero-order chi connectivity index (χ0) is 10.7. The third-order valence-corrected chi connectivity index (χ3v) is 4.19. The predicted octanol–water partition coefficient (Wildman–Crippen LogP) is 4.02. The molecule has 1 aromatic heterocycles. The minimum atomic E-state index is 0.783. The fraction of sp³-hybridized carbons (Fsp3) is 0.0833. The summed E-state index contributed by atoms with van der Waals surface area (Å²) >= 11 is 3.19. The van der Waals surface area contributed by atoms with Crippen LogP contribution in [0.1, 0.15) is 15.2 Å². The molecule has 2 aromatic rings. The smallest absolute Gasteiger partial charge is 0.160 e. The Labute approximate surface area is 97.1 Å². The van der Waals surface area contributed by atoms with Gasteiger partial charge >= 0.3 is 0 Å². The zero-order valence-corrected chi connectivity index (χ0v) is 9.90. The highest BCUT2D eigenvalue weighted by molar-refractivity contribution is 7.99. The molecule has 0 aliphatic heterocycles. The maximum Gasteiger partial charge on any atom is 0.160 e. The Morgan fingerprint density at radius 1 is 1.33 bits per heavy atom. The van der Waals surface area contributed by atoms with Crippen molar-refractivity contribution >= 4 is 29.4 Å². The third kappa shape index (κ3) is 2.49. The standard InChI is InChI=1S/C12H10OS2/c1-9-4-2-3-5-12(9)15-11-6-10(7-13)14-8-11/h2-8H,1H3. The highest BCUT2D eigenvalue weighted by Gasteiger charge is 2.02. The second-order valence-electron chi connectivity index (χ2n) is 3.17. The van der Waals surface area contributed by atoms with Crippen molar-refractivity contribution in [1.82, 2.24) is 0 Å². The van der Waals surface area contributed by atoms with Gasteiger partial charge in [0.15, 0.2) is 6.29 Å². The summed E-state index contributed by atoms with van der Waals surface area (Å²) in [5.41, 5.74) is 1.27. The van der Waals surface area contributed by atoms with Crippen molar-refractivity contribution in [3.63, 3.8) is 0 Å². The first-order valence-corrected chi connectivity index (χ1v) is 6.26. The summed E-state index contributed by atoms with van der Waals surface area (Å²) in [7, 11) is 0. The van der Waals surface area contributed by atoms with Gasteiger partial charge in [-0.15, -0.1) is 11.3 Å². The van der Waals surface area contributed by atoms with E-state index in [1.54, 1.807) is 11.8 Å². The summed E-state index contributed by atoms with van der Waals surface area (Å²) in [5.74, 6) is 0. The molecule has 0 radical (unpaired) electrons. The van der Waals surface area contributed by atoms with Gasteiger partial charge in [-0.25, -0.2) is 0 Å². The van der Waals surface area contributed by atoms with Gasteiger partial charge in [0.25, 0.3) is 0 Å². The molecule has 0 spiro atoms. The largest absolute Gasteiger partial charge is 0.297 e. The van der Waals surface area contributed by atoms with Gasteiger partial charge in [0.05, 0.1) is 4.88 Å². The Bertz CT molecular complexity index is 474. The topological polar surface area (TPSA) is 17.1 Å². The summed E-state index contributed by atoms with van der Waals surface area (Å²) in [5, 5.41) is 2.01. The molecule has 0 atom stereocenters. The van der Waals surface area contributed by atoms with Crippen LogP contribution >= 0.6 is 23.1 Å². The number of aryl methyl sites for hydroxylation is 1. The summed E-state index contributed by atoms with van der Waals surface area (Å²) in [6.07, 6.45) is 0.895. The summed E-state index contributed by atoms with van der Waals surface area (Å²) in [6.45, 7) is 2.09. The molecule has 0 aliphatic rings. The molecule has 0 fully saturated rings. The molecule has 1 heterocycles. The summed E-state index contributed by atoms with van der Waals surface area (Å²) < 4.78 is 0. The minimum Gasteiger partial charge on any atom is -0.297 e. The van der Waals surface area contributed by atoms with Gasteiger partial charge in [0.1, 0.15) is 0 Å². The fourth-order valence-corrected chi connectivity index (χ4v) is 3.05. The Kier molecular flexibility index (Phi) is 3.23. The number of carbonyl (C=O) groups excluding carboxylic acids is 1. The van der Waals surface area contributed by atoms with Crippen LogP contribution in [0.25, 0.3) is 0 Å². The highest BCUT2D eigenvalue weighted by Crippen LogP contribution is 2.32. The van der Waals surface area contributed by atoms with Gasteiger partial charge in [-0.05, 0) is 24.6 Å². The lowest BCUT2D eigenvalue weighted by Gasteiger charge is -2.02. The van der Waals surface area contributed by atoms with Crippen molar-refractivity contribution in [2.24, 2.45) is 0 Å². The molecular weight excluding hydrogens is 224 g/mol. The van der Waals surface area contributed by atoms with Gasteiger partial charge in [-0.1, -0.05) is 30.0 Å². The lowest BCUT2D eigenvalue weighted by molar-refractivity contribution is 0.112. The van der Waals surface area contributed by atoms with E-state index < -0.39 is 0 Å². The fourth-order valence-electron chi connectivity index (χ4n) is 1.25. The van der Waals surface area contributed by atoms with Crippen LogP contribution in [-0.2, 0) is 0 Å². The van der Waals surface area contributed by atoms with Gasteiger partial charge in [-0.3, -0.25) is 4.79 Å². The predicted molar refractivity (Wildman–Crippen MR) is 65.0 cm³/mol. The summed E-state index contributed by atoms with van der Waals surface area (Å²) in [4.78, 5) is 13.7. The first-order valence-electron chi connectivity index (χ1n) is 4.57. The van der Waals surface area contributed by atoms with Gasteiger partial charge in [-0.2, -0.15) is 0 Å². The van der Waals surface area contributed by atoms with E-state index in [0.29, 0.717) is 0 Å². The first kappa shape index (κ1) is 10.5. The number of carbonyl (C=O) groups is 1. The van der Waals surface area contributed by atoms with E-state index in [1.807, 2.05) is 23.6 Å². The van der Waals surface area contributed by atoms with Gasteiger partial charge in [0.2, 0.25) is 0 Å². The molecule has 0 saturated heterocycles. The lowest BCUT2D eigenvalue weighted by Crippen LogP contribution is -1.76. The first-order chi connectivity index (χ1) is 7.29. The molecule has 15 heavy (non-hydrogen) atoms. The number of rotatable bonds is 3. The second kappa shape index (κ2) is 4.64. The highest BCUT2D eigenvalue weighted by atomic mass is 32.2. The molecule has 0 aliphatic carbocycles. The number of benzene rings is 1. The van der Waals surface area contributed by atoms with Crippen molar-refractivity contribution in [1.29, 1.82) is 0 Å². The molecule has 76 valence electrons. The number of hydrogen-bond acceptors (Lipinski definition) is 3. The van der Waals surface area contributed by atoms with Crippen LogP contribution in [0.2, 0.25) is 0 Å². The van der Waals surface area contributed by atoms with E-state index in [9.17, 15) is 4.79 Å². The van der Waals surface area contributed by atoms with E-state index in [4.69, 9.17) is 0 Å². The minimum absolute atomic E-state index is 0.783. The molecule has 0 amide bonds. The van der Waals surface area contributed by atoms with Crippen LogP contribution in [0.15, 0.2) is 45.5 Å². The van der Waals surface area contributed by atoms with E-state index >= 15 is 0 Å². The molecule has 0 N–H and O–H groups in total. The number of aldehydes is 1. The molecule has 0 bridgehead atoms. The Hall–Kier alpha value is -1.06. The van der Waals surface area contributed by atoms with Crippen LogP contribution < -0.4 is 0 Å². The lowest BCUT2D eigenvalue weighted by atomic mass is 10.2. The van der Waals surface area contributed by atoms with Crippen molar-refractivity contribution in [2.75, 3.05) is 0 Å². The van der Waals surface area contributed by atoms with Crippen LogP contribution in [0.3, 0.4) is 0 Å². The molecular formula is C12H10OS2. The van der Waals surface area contributed by atoms with Crippen LogP contribution in [-0.4, -0.2) is 6.29 Å². The quantitative estimate of drug-likeness (QED) is 0.746. The van der Waals surface area contributed by atoms with Crippen molar-refractivity contribution in [3.05, 3.63) is 46.2 Å². The Balaban J connectivity index is 2.22. The van der Waals surface area contributed by atoms with Crippen LogP contribution in [0.5, 0.6) is 0 Å². The molecule has 1 nitrogen and oxygen atoms in total. The summed E-state index contributed by atoms with van der Waals surface area (Å²) in [6, 6.07) is 10.2. The monoisotopic (exact) mass is 234 g/mol. The molecule has 0 unspecified atom stereocenters. The number of hydrogen-bond donors (Lipinski definition) is 0. The van der Waals surface area contributed by atoms with Crippen LogP contribution in [0, 0.1) is 6.92 Å². The van der Waals surface area contributed by atoms with E-state index in [2.05, 4.69) is 19.1 Å². The van der Waals surface area contributed by atoms with Crippen molar-refractivity contribution in [3.8, 4) is 0 Å². The molecule has 2 rings (SSSR count). The zero-order valence-electron chi connectivity index (χ0n) is 8.27. The van der Waals surface area contributed by atoms with E-state index in [0.717, 1.165) is 16.1 Å². The van der Waals surface area contributed by atoms with Crippen molar-refractivity contribution in [2.45, 2.75) is 16.7 Å². The van der Waals surface area contributed by atoms with E-state index in [-0.39, 0.29) is 0 Å². The van der Waals surface area contributed by atoms with Crippen LogP contribution in [0.4, 0.5) is 0 Å². The van der Waals surface area contributed by atoms with Gasteiger partial charge < -0.3 is 0 Å². The van der Waals surface area contributed by atoms with E-state index in [1.165, 1.54) is 21.8 Å². The molecule has 0 saturated carbocycles. The number of thiophene rings is 1. The van der Waals surface area contributed by atoms with Gasteiger partial charge in [0, 0.05) is 15.2 Å². The average Bonchev–Trinajstić information content (AvgIpc) is 2.69. The molecule has 1 aromatic carbocycles. The average molecular weight is 234 g/mol. The SMILES string of the molecule is Cc1ccccc1Sc1csc(C=O)c1. The third-order valence-electron chi connectivity index (χ3n) is 2.03. The maximum absolute atomic E-state index is 10.5. The van der Waals surface area contributed by atoms with Crippen molar-refractivity contribution < 1.29 is 4.79 Å². The normalized spacial score (nSPS) is 10.2.